The number of carbonyl (C=O) groups excluding carboxylic acids is 1. The highest BCUT2D eigenvalue weighted by Gasteiger charge is 2.36. The molecule has 1 amide bonds. The molecule has 19 heavy (non-hydrogen) atoms. The van der Waals surface area contributed by atoms with E-state index in [0.717, 1.165) is 51.1 Å². The summed E-state index contributed by atoms with van der Waals surface area (Å²) in [4.78, 5) is 16.9. The van der Waals surface area contributed by atoms with E-state index < -0.39 is 0 Å². The number of nitrogens with zero attached hydrogens (tertiary/aromatic N) is 2. The average molecular weight is 265 g/mol. The molecular formula is C15H27N3O. The first kappa shape index (κ1) is 13.4. The fraction of sp³-hybridized carbons (Fsp3) is 0.933. The number of likely N-dealkylation sites (tertiary alicyclic amines) is 2. The van der Waals surface area contributed by atoms with Gasteiger partial charge in [0.1, 0.15) is 0 Å². The Balaban J connectivity index is 1.47. The highest BCUT2D eigenvalue weighted by Crippen LogP contribution is 2.26. The number of rotatable bonds is 2. The molecule has 1 N–H and O–H groups in total. The Morgan fingerprint density at radius 2 is 1.53 bits per heavy atom. The number of hydrogen-bond acceptors (Lipinski definition) is 3. The average Bonchev–Trinajstić information content (AvgIpc) is 2.88. The van der Waals surface area contributed by atoms with Gasteiger partial charge in [-0.1, -0.05) is 19.3 Å². The van der Waals surface area contributed by atoms with E-state index in [1.807, 2.05) is 0 Å². The molecule has 4 heteroatoms. The topological polar surface area (TPSA) is 35.6 Å². The van der Waals surface area contributed by atoms with Crippen LogP contribution in [-0.4, -0.2) is 61.5 Å². The van der Waals surface area contributed by atoms with Crippen molar-refractivity contribution in [2.75, 3.05) is 45.8 Å². The third-order valence-electron chi connectivity index (χ3n) is 5.03. The normalized spacial score (nSPS) is 32.9. The molecule has 0 aromatic rings. The molecule has 3 rings (SSSR count). The second-order valence-electron chi connectivity index (χ2n) is 6.52. The van der Waals surface area contributed by atoms with Gasteiger partial charge in [0.25, 0.3) is 0 Å². The van der Waals surface area contributed by atoms with E-state index in [0.29, 0.717) is 12.5 Å². The van der Waals surface area contributed by atoms with Crippen LogP contribution in [0.5, 0.6) is 0 Å². The number of amides is 1. The summed E-state index contributed by atoms with van der Waals surface area (Å²) in [6, 6.07) is 0. The zero-order valence-corrected chi connectivity index (χ0v) is 11.9. The van der Waals surface area contributed by atoms with Crippen molar-refractivity contribution in [2.45, 2.75) is 32.1 Å². The van der Waals surface area contributed by atoms with Crippen LogP contribution < -0.4 is 5.32 Å². The lowest BCUT2D eigenvalue weighted by molar-refractivity contribution is -0.132. The molecule has 3 aliphatic rings. The van der Waals surface area contributed by atoms with Gasteiger partial charge in [0.15, 0.2) is 0 Å². The van der Waals surface area contributed by atoms with Crippen LogP contribution in [0, 0.1) is 11.8 Å². The fourth-order valence-electron chi connectivity index (χ4n) is 3.87. The van der Waals surface area contributed by atoms with Crippen LogP contribution in [0.4, 0.5) is 0 Å². The maximum absolute atomic E-state index is 12.4. The Kier molecular flexibility index (Phi) is 4.38. The van der Waals surface area contributed by atoms with Crippen molar-refractivity contribution in [3.8, 4) is 0 Å². The van der Waals surface area contributed by atoms with Crippen molar-refractivity contribution in [3.63, 3.8) is 0 Å². The Hall–Kier alpha value is -0.610. The highest BCUT2D eigenvalue weighted by molar-refractivity contribution is 5.78. The molecule has 108 valence electrons. The quantitative estimate of drug-likeness (QED) is 0.807. The fourth-order valence-corrected chi connectivity index (χ4v) is 3.87. The summed E-state index contributed by atoms with van der Waals surface area (Å²) in [5.41, 5.74) is 0. The number of fused-ring (bicyclic) bond motifs is 1. The Bertz CT molecular complexity index is 301. The van der Waals surface area contributed by atoms with Gasteiger partial charge < -0.3 is 10.2 Å². The Morgan fingerprint density at radius 3 is 2.16 bits per heavy atom. The highest BCUT2D eigenvalue weighted by atomic mass is 16.2. The molecule has 3 aliphatic heterocycles. The van der Waals surface area contributed by atoms with Crippen molar-refractivity contribution < 1.29 is 4.79 Å². The van der Waals surface area contributed by atoms with Crippen molar-refractivity contribution in [1.29, 1.82) is 0 Å². The molecule has 3 saturated heterocycles. The zero-order valence-electron chi connectivity index (χ0n) is 11.9. The van der Waals surface area contributed by atoms with E-state index in [4.69, 9.17) is 0 Å². The van der Waals surface area contributed by atoms with Crippen LogP contribution in [-0.2, 0) is 4.79 Å². The monoisotopic (exact) mass is 265 g/mol. The first-order chi connectivity index (χ1) is 9.33. The van der Waals surface area contributed by atoms with Crippen molar-refractivity contribution >= 4 is 5.91 Å². The van der Waals surface area contributed by atoms with E-state index in [-0.39, 0.29) is 0 Å². The third kappa shape index (κ3) is 3.29. The van der Waals surface area contributed by atoms with Gasteiger partial charge in [0, 0.05) is 26.2 Å². The first-order valence-electron chi connectivity index (χ1n) is 8.04. The minimum Gasteiger partial charge on any atom is -0.342 e. The molecule has 0 aliphatic carbocycles. The zero-order chi connectivity index (χ0) is 13.1. The summed E-state index contributed by atoms with van der Waals surface area (Å²) in [5, 5.41) is 3.45. The van der Waals surface area contributed by atoms with E-state index in [1.54, 1.807) is 0 Å². The molecule has 2 atom stereocenters. The second kappa shape index (κ2) is 6.23. The molecule has 0 bridgehead atoms. The van der Waals surface area contributed by atoms with E-state index in [1.165, 1.54) is 32.1 Å². The number of nitrogens with one attached hydrogen (secondary N) is 1. The van der Waals surface area contributed by atoms with Gasteiger partial charge in [0.05, 0.1) is 6.54 Å². The smallest absolute Gasteiger partial charge is 0.236 e. The SMILES string of the molecule is O=C(CN1CC2CNCC2C1)N1CCCCCCC1. The van der Waals surface area contributed by atoms with Crippen molar-refractivity contribution in [2.24, 2.45) is 11.8 Å². The van der Waals surface area contributed by atoms with Crippen molar-refractivity contribution in [1.82, 2.24) is 15.1 Å². The van der Waals surface area contributed by atoms with Crippen LogP contribution in [0.15, 0.2) is 0 Å². The summed E-state index contributed by atoms with van der Waals surface area (Å²) in [7, 11) is 0. The predicted molar refractivity (Wildman–Crippen MR) is 76.0 cm³/mol. The molecular weight excluding hydrogens is 238 g/mol. The van der Waals surface area contributed by atoms with Gasteiger partial charge in [-0.2, -0.15) is 0 Å². The summed E-state index contributed by atoms with van der Waals surface area (Å²) in [5.74, 6) is 1.95. The Morgan fingerprint density at radius 1 is 0.947 bits per heavy atom. The van der Waals surface area contributed by atoms with Gasteiger partial charge in [-0.05, 0) is 37.8 Å². The summed E-state index contributed by atoms with van der Waals surface area (Å²) in [6.07, 6.45) is 6.33. The molecule has 0 aromatic heterocycles. The van der Waals surface area contributed by atoms with Crippen molar-refractivity contribution in [3.05, 3.63) is 0 Å². The molecule has 2 unspecified atom stereocenters. The van der Waals surface area contributed by atoms with Crippen LogP contribution in [0.2, 0.25) is 0 Å². The molecule has 4 nitrogen and oxygen atoms in total. The van der Waals surface area contributed by atoms with Crippen LogP contribution >= 0.6 is 0 Å². The molecule has 0 saturated carbocycles. The molecule has 0 spiro atoms. The molecule has 3 heterocycles. The lowest BCUT2D eigenvalue weighted by Crippen LogP contribution is -2.41. The van der Waals surface area contributed by atoms with Crippen LogP contribution in [0.1, 0.15) is 32.1 Å². The second-order valence-corrected chi connectivity index (χ2v) is 6.52. The summed E-state index contributed by atoms with van der Waals surface area (Å²) < 4.78 is 0. The number of hydrogen-bond donors (Lipinski definition) is 1. The molecule has 3 fully saturated rings. The summed E-state index contributed by atoms with van der Waals surface area (Å²) in [6.45, 7) is 7.18. The first-order valence-corrected chi connectivity index (χ1v) is 8.04. The number of carbonyl (C=O) groups is 1. The van der Waals surface area contributed by atoms with E-state index in [9.17, 15) is 4.79 Å². The Labute approximate surface area is 116 Å². The lowest BCUT2D eigenvalue weighted by Gasteiger charge is -2.27. The van der Waals surface area contributed by atoms with E-state index >= 15 is 0 Å². The minimum atomic E-state index is 0.370. The van der Waals surface area contributed by atoms with Gasteiger partial charge >= 0.3 is 0 Å². The molecule has 0 aromatic carbocycles. The van der Waals surface area contributed by atoms with Gasteiger partial charge in [-0.25, -0.2) is 0 Å². The van der Waals surface area contributed by atoms with Gasteiger partial charge in [0.2, 0.25) is 5.91 Å². The maximum atomic E-state index is 12.4. The van der Waals surface area contributed by atoms with Crippen LogP contribution in [0.25, 0.3) is 0 Å². The largest absolute Gasteiger partial charge is 0.342 e. The predicted octanol–water partition coefficient (Wildman–Crippen LogP) is 0.930. The van der Waals surface area contributed by atoms with E-state index in [2.05, 4.69) is 15.1 Å². The summed E-state index contributed by atoms with van der Waals surface area (Å²) >= 11 is 0. The lowest BCUT2D eigenvalue weighted by atomic mass is 10.0. The standard InChI is InChI=1S/C15H27N3O/c19-15(18-6-4-2-1-3-5-7-18)12-17-10-13-8-16-9-14(13)11-17/h13-14,16H,1-12H2. The van der Waals surface area contributed by atoms with Gasteiger partial charge in [-0.15, -0.1) is 0 Å². The minimum absolute atomic E-state index is 0.370. The van der Waals surface area contributed by atoms with Crippen LogP contribution in [0.3, 0.4) is 0 Å². The van der Waals surface area contributed by atoms with Gasteiger partial charge in [-0.3, -0.25) is 9.69 Å². The third-order valence-corrected chi connectivity index (χ3v) is 5.03. The maximum Gasteiger partial charge on any atom is 0.236 e. The molecule has 0 radical (unpaired) electrons.